The Kier molecular flexibility index (Phi) is 2.82. The van der Waals surface area contributed by atoms with Gasteiger partial charge < -0.3 is 0 Å². The number of imidazole rings is 1. The maximum absolute atomic E-state index is 13.5. The van der Waals surface area contributed by atoms with Crippen LogP contribution in [-0.2, 0) is 0 Å². The Labute approximate surface area is 99.3 Å². The lowest BCUT2D eigenvalue weighted by atomic mass is 10.3. The number of pyridine rings is 1. The summed E-state index contributed by atoms with van der Waals surface area (Å²) >= 11 is 3.12. The highest BCUT2D eigenvalue weighted by Crippen LogP contribution is 2.16. The maximum atomic E-state index is 13.5. The summed E-state index contributed by atoms with van der Waals surface area (Å²) < 4.78 is 15.5. The average molecular weight is 284 g/mol. The molecule has 0 aromatic carbocycles. The molecule has 0 bridgehead atoms. The van der Waals surface area contributed by atoms with Gasteiger partial charge in [0, 0.05) is 23.8 Å². The van der Waals surface area contributed by atoms with Crippen LogP contribution in [0.4, 0.5) is 4.39 Å². The molecule has 2 aromatic heterocycles. The van der Waals surface area contributed by atoms with E-state index in [-0.39, 0.29) is 17.3 Å². The summed E-state index contributed by atoms with van der Waals surface area (Å²) in [5, 5.41) is 0. The van der Waals surface area contributed by atoms with Gasteiger partial charge in [-0.2, -0.15) is 0 Å². The van der Waals surface area contributed by atoms with Crippen LogP contribution in [0.1, 0.15) is 17.4 Å². The number of Topliss-reactive ketones (excluding diaryl/α,β-unsaturated/α-hetero) is 1. The summed E-state index contributed by atoms with van der Waals surface area (Å²) in [6.45, 7) is 1.40. The number of carbonyl (C=O) groups excluding carboxylic acids is 1. The van der Waals surface area contributed by atoms with E-state index in [4.69, 9.17) is 0 Å². The number of halogens is 2. The van der Waals surface area contributed by atoms with Crippen molar-refractivity contribution in [2.45, 2.75) is 6.92 Å². The van der Waals surface area contributed by atoms with E-state index in [9.17, 15) is 9.18 Å². The molecule has 0 atom stereocenters. The summed E-state index contributed by atoms with van der Waals surface area (Å²) in [5.41, 5.74) is 0.282. The molecule has 4 nitrogen and oxygen atoms in total. The van der Waals surface area contributed by atoms with Crippen LogP contribution in [0.15, 0.2) is 29.3 Å². The van der Waals surface area contributed by atoms with Gasteiger partial charge in [0.15, 0.2) is 17.4 Å². The Hall–Kier alpha value is -1.56. The zero-order chi connectivity index (χ0) is 11.7. The lowest BCUT2D eigenvalue weighted by Gasteiger charge is -2.01. The van der Waals surface area contributed by atoms with Gasteiger partial charge in [0.25, 0.3) is 0 Å². The summed E-state index contributed by atoms with van der Waals surface area (Å²) in [5.74, 6) is -0.540. The monoisotopic (exact) mass is 283 g/mol. The minimum Gasteiger partial charge on any atom is -0.293 e. The minimum atomic E-state index is -0.484. The van der Waals surface area contributed by atoms with Crippen molar-refractivity contribution in [3.63, 3.8) is 0 Å². The molecule has 6 heteroatoms. The van der Waals surface area contributed by atoms with Gasteiger partial charge in [-0.3, -0.25) is 9.36 Å². The predicted octanol–water partition coefficient (Wildman–Crippen LogP) is 2.37. The van der Waals surface area contributed by atoms with Gasteiger partial charge >= 0.3 is 0 Å². The molecule has 0 spiro atoms. The molecule has 16 heavy (non-hydrogen) atoms. The summed E-state index contributed by atoms with van der Waals surface area (Å²) in [6, 6.07) is 1.30. The SMILES string of the molecule is CC(=O)c1cn(-c2ncc(Br)cc2F)cn1. The quantitative estimate of drug-likeness (QED) is 0.795. The van der Waals surface area contributed by atoms with Gasteiger partial charge in [0.05, 0.1) is 0 Å². The first kappa shape index (κ1) is 10.9. The van der Waals surface area contributed by atoms with Gasteiger partial charge in [0.1, 0.15) is 12.0 Å². The van der Waals surface area contributed by atoms with Crippen molar-refractivity contribution in [2.24, 2.45) is 0 Å². The molecule has 0 aliphatic rings. The Bertz CT molecular complexity index is 553. The van der Waals surface area contributed by atoms with Crippen molar-refractivity contribution in [1.82, 2.24) is 14.5 Å². The Morgan fingerprint density at radius 1 is 1.50 bits per heavy atom. The lowest BCUT2D eigenvalue weighted by molar-refractivity contribution is 0.101. The Morgan fingerprint density at radius 3 is 2.81 bits per heavy atom. The van der Waals surface area contributed by atoms with Crippen molar-refractivity contribution in [3.05, 3.63) is 40.8 Å². The third kappa shape index (κ3) is 2.01. The third-order valence-electron chi connectivity index (χ3n) is 1.98. The van der Waals surface area contributed by atoms with Gasteiger partial charge in [-0.1, -0.05) is 0 Å². The molecule has 0 aliphatic heterocycles. The fourth-order valence-corrected chi connectivity index (χ4v) is 1.52. The van der Waals surface area contributed by atoms with E-state index in [2.05, 4.69) is 25.9 Å². The summed E-state index contributed by atoms with van der Waals surface area (Å²) in [6.07, 6.45) is 4.28. The second-order valence-corrected chi connectivity index (χ2v) is 4.10. The Morgan fingerprint density at radius 2 is 2.25 bits per heavy atom. The van der Waals surface area contributed by atoms with Gasteiger partial charge in [-0.05, 0) is 22.0 Å². The van der Waals surface area contributed by atoms with Crippen LogP contribution in [0.5, 0.6) is 0 Å². The molecule has 0 saturated carbocycles. The molecule has 0 saturated heterocycles. The number of aromatic nitrogens is 3. The van der Waals surface area contributed by atoms with Crippen molar-refractivity contribution in [1.29, 1.82) is 0 Å². The first-order chi connectivity index (χ1) is 7.58. The van der Waals surface area contributed by atoms with Crippen LogP contribution in [0, 0.1) is 5.82 Å². The number of carbonyl (C=O) groups is 1. The van der Waals surface area contributed by atoms with Gasteiger partial charge in [0.2, 0.25) is 0 Å². The van der Waals surface area contributed by atoms with Crippen LogP contribution < -0.4 is 0 Å². The molecule has 2 heterocycles. The molecule has 0 radical (unpaired) electrons. The number of hydrogen-bond acceptors (Lipinski definition) is 3. The smallest absolute Gasteiger partial charge is 0.179 e. The normalized spacial score (nSPS) is 10.4. The zero-order valence-corrected chi connectivity index (χ0v) is 9.90. The second kappa shape index (κ2) is 4.13. The van der Waals surface area contributed by atoms with E-state index in [1.54, 1.807) is 0 Å². The van der Waals surface area contributed by atoms with E-state index in [0.717, 1.165) is 0 Å². The van der Waals surface area contributed by atoms with Crippen LogP contribution in [0.2, 0.25) is 0 Å². The van der Waals surface area contributed by atoms with E-state index in [1.165, 1.54) is 36.3 Å². The number of hydrogen-bond donors (Lipinski definition) is 0. The van der Waals surface area contributed by atoms with Crippen molar-refractivity contribution in [3.8, 4) is 5.82 Å². The first-order valence-electron chi connectivity index (χ1n) is 4.44. The fourth-order valence-electron chi connectivity index (χ4n) is 1.22. The van der Waals surface area contributed by atoms with E-state index >= 15 is 0 Å². The topological polar surface area (TPSA) is 47.8 Å². The molecule has 0 N–H and O–H groups in total. The van der Waals surface area contributed by atoms with Crippen molar-refractivity contribution >= 4 is 21.7 Å². The molecule has 0 fully saturated rings. The summed E-state index contributed by atoms with van der Waals surface area (Å²) in [4.78, 5) is 18.8. The van der Waals surface area contributed by atoms with E-state index in [0.29, 0.717) is 4.47 Å². The highest BCUT2D eigenvalue weighted by molar-refractivity contribution is 9.10. The van der Waals surface area contributed by atoms with Gasteiger partial charge in [-0.15, -0.1) is 0 Å². The minimum absolute atomic E-state index is 0.114. The predicted molar refractivity (Wildman–Crippen MR) is 59.0 cm³/mol. The average Bonchev–Trinajstić information content (AvgIpc) is 2.66. The van der Waals surface area contributed by atoms with Crippen LogP contribution in [-0.4, -0.2) is 20.3 Å². The van der Waals surface area contributed by atoms with Crippen molar-refractivity contribution in [2.75, 3.05) is 0 Å². The zero-order valence-electron chi connectivity index (χ0n) is 8.32. The fraction of sp³-hybridized carbons (Fsp3) is 0.100. The number of ketones is 1. The molecule has 2 rings (SSSR count). The maximum Gasteiger partial charge on any atom is 0.179 e. The van der Waals surface area contributed by atoms with E-state index < -0.39 is 5.82 Å². The number of rotatable bonds is 2. The molecule has 0 unspecified atom stereocenters. The molecule has 0 amide bonds. The van der Waals surface area contributed by atoms with Crippen molar-refractivity contribution < 1.29 is 9.18 Å². The van der Waals surface area contributed by atoms with E-state index in [1.807, 2.05) is 0 Å². The van der Waals surface area contributed by atoms with Gasteiger partial charge in [-0.25, -0.2) is 14.4 Å². The van der Waals surface area contributed by atoms with Crippen LogP contribution >= 0.6 is 15.9 Å². The number of nitrogens with zero attached hydrogens (tertiary/aromatic N) is 3. The lowest BCUT2D eigenvalue weighted by Crippen LogP contribution is -1.98. The molecule has 82 valence electrons. The molecular formula is C10H7BrFN3O. The standard InChI is InChI=1S/C10H7BrFN3O/c1-6(16)9-4-15(5-14-9)10-8(12)2-7(11)3-13-10/h2-5H,1H3. The highest BCUT2D eigenvalue weighted by atomic mass is 79.9. The third-order valence-corrected chi connectivity index (χ3v) is 2.41. The molecule has 2 aromatic rings. The van der Waals surface area contributed by atoms with Crippen LogP contribution in [0.25, 0.3) is 5.82 Å². The Balaban J connectivity index is 2.46. The molecule has 0 aliphatic carbocycles. The first-order valence-corrected chi connectivity index (χ1v) is 5.23. The second-order valence-electron chi connectivity index (χ2n) is 3.18. The largest absolute Gasteiger partial charge is 0.293 e. The molecular weight excluding hydrogens is 277 g/mol. The summed E-state index contributed by atoms with van der Waals surface area (Å²) in [7, 11) is 0. The highest BCUT2D eigenvalue weighted by Gasteiger charge is 2.09. The van der Waals surface area contributed by atoms with Crippen LogP contribution in [0.3, 0.4) is 0 Å².